The summed E-state index contributed by atoms with van der Waals surface area (Å²) >= 11 is 0. The van der Waals surface area contributed by atoms with E-state index < -0.39 is 10.5 Å². The van der Waals surface area contributed by atoms with Crippen molar-refractivity contribution >= 4 is 11.8 Å². The lowest BCUT2D eigenvalue weighted by Crippen LogP contribution is -2.59. The van der Waals surface area contributed by atoms with Crippen LogP contribution in [0.3, 0.4) is 0 Å². The molecular formula is C18H25N3O5. The summed E-state index contributed by atoms with van der Waals surface area (Å²) in [5.74, 6) is 0. The highest BCUT2D eigenvalue weighted by Gasteiger charge is 2.37. The Balaban J connectivity index is 1.61. The number of piperazine rings is 1. The SMILES string of the molecule is CC(C)(C)OC(=O)N1CCN2CC(c3cccc([N+](=O)[O-])c3)OC[C@@H]2C1. The minimum Gasteiger partial charge on any atom is -0.444 e. The first kappa shape index (κ1) is 18.6. The van der Waals surface area contributed by atoms with Gasteiger partial charge in [0.2, 0.25) is 0 Å². The van der Waals surface area contributed by atoms with Crippen molar-refractivity contribution in [3.63, 3.8) is 0 Å². The van der Waals surface area contributed by atoms with Crippen molar-refractivity contribution in [3.8, 4) is 0 Å². The van der Waals surface area contributed by atoms with Gasteiger partial charge in [-0.05, 0) is 26.3 Å². The van der Waals surface area contributed by atoms with Crippen LogP contribution in [0.1, 0.15) is 32.4 Å². The van der Waals surface area contributed by atoms with Crippen LogP contribution in [-0.2, 0) is 9.47 Å². The highest BCUT2D eigenvalue weighted by atomic mass is 16.6. The van der Waals surface area contributed by atoms with Gasteiger partial charge < -0.3 is 14.4 Å². The second-order valence-electron chi connectivity index (χ2n) is 7.75. The molecule has 2 fully saturated rings. The van der Waals surface area contributed by atoms with Crippen molar-refractivity contribution in [2.75, 3.05) is 32.8 Å². The molecule has 0 radical (unpaired) electrons. The number of hydrogen-bond acceptors (Lipinski definition) is 6. The predicted octanol–water partition coefficient (Wildman–Crippen LogP) is 2.59. The number of carbonyl (C=O) groups is 1. The molecule has 26 heavy (non-hydrogen) atoms. The molecule has 0 N–H and O–H groups in total. The Morgan fingerprint density at radius 3 is 2.77 bits per heavy atom. The zero-order valence-corrected chi connectivity index (χ0v) is 15.4. The third-order valence-corrected chi connectivity index (χ3v) is 4.60. The van der Waals surface area contributed by atoms with E-state index in [0.717, 1.165) is 12.1 Å². The van der Waals surface area contributed by atoms with Crippen molar-refractivity contribution in [3.05, 3.63) is 39.9 Å². The van der Waals surface area contributed by atoms with Crippen molar-refractivity contribution in [1.29, 1.82) is 0 Å². The number of carbonyl (C=O) groups excluding carboxylic acids is 1. The van der Waals surface area contributed by atoms with E-state index in [2.05, 4.69) is 4.90 Å². The third-order valence-electron chi connectivity index (χ3n) is 4.60. The summed E-state index contributed by atoms with van der Waals surface area (Å²) in [7, 11) is 0. The molecule has 1 unspecified atom stereocenters. The molecule has 3 rings (SSSR count). The average molecular weight is 363 g/mol. The lowest BCUT2D eigenvalue weighted by molar-refractivity contribution is -0.385. The van der Waals surface area contributed by atoms with Crippen LogP contribution in [0, 0.1) is 10.1 Å². The van der Waals surface area contributed by atoms with E-state index in [9.17, 15) is 14.9 Å². The van der Waals surface area contributed by atoms with Gasteiger partial charge in [0.05, 0.1) is 23.7 Å². The van der Waals surface area contributed by atoms with Crippen molar-refractivity contribution in [2.24, 2.45) is 0 Å². The second kappa shape index (κ2) is 7.20. The summed E-state index contributed by atoms with van der Waals surface area (Å²) in [5.41, 5.74) is 0.375. The lowest BCUT2D eigenvalue weighted by Gasteiger charge is -2.46. The van der Waals surface area contributed by atoms with Gasteiger partial charge in [-0.3, -0.25) is 15.0 Å². The smallest absolute Gasteiger partial charge is 0.410 e. The highest BCUT2D eigenvalue weighted by molar-refractivity contribution is 5.68. The van der Waals surface area contributed by atoms with Crippen LogP contribution < -0.4 is 0 Å². The minimum absolute atomic E-state index is 0.0722. The molecule has 0 aromatic heterocycles. The van der Waals surface area contributed by atoms with Crippen LogP contribution in [0.25, 0.3) is 0 Å². The van der Waals surface area contributed by atoms with E-state index in [-0.39, 0.29) is 23.9 Å². The standard InChI is InChI=1S/C18H25N3O5/c1-18(2,3)26-17(22)20-8-7-19-11-16(25-12-15(19)10-20)13-5-4-6-14(9-13)21(23)24/h4-6,9,15-16H,7-8,10-12H2,1-3H3/t15-,16?/m0/s1. The molecule has 1 amide bonds. The number of benzene rings is 1. The number of morpholine rings is 1. The Bertz CT molecular complexity index is 688. The van der Waals surface area contributed by atoms with Gasteiger partial charge in [0.15, 0.2) is 0 Å². The number of fused-ring (bicyclic) bond motifs is 1. The summed E-state index contributed by atoms with van der Waals surface area (Å²) in [6.07, 6.45) is -0.489. The van der Waals surface area contributed by atoms with Crippen molar-refractivity contribution in [1.82, 2.24) is 9.80 Å². The van der Waals surface area contributed by atoms with Gasteiger partial charge in [-0.15, -0.1) is 0 Å². The summed E-state index contributed by atoms with van der Waals surface area (Å²) in [6, 6.07) is 6.71. The molecule has 2 aliphatic heterocycles. The normalized spacial score (nSPS) is 24.0. The number of nitro groups is 1. The van der Waals surface area contributed by atoms with Gasteiger partial charge in [-0.2, -0.15) is 0 Å². The summed E-state index contributed by atoms with van der Waals surface area (Å²) < 4.78 is 11.4. The Morgan fingerprint density at radius 2 is 2.08 bits per heavy atom. The average Bonchev–Trinajstić information content (AvgIpc) is 2.59. The molecule has 8 nitrogen and oxygen atoms in total. The van der Waals surface area contributed by atoms with Gasteiger partial charge in [0.25, 0.3) is 5.69 Å². The zero-order valence-electron chi connectivity index (χ0n) is 15.4. The number of hydrogen-bond donors (Lipinski definition) is 0. The van der Waals surface area contributed by atoms with Crippen LogP contribution in [0.4, 0.5) is 10.5 Å². The molecule has 0 aliphatic carbocycles. The minimum atomic E-state index is -0.510. The zero-order chi connectivity index (χ0) is 18.9. The van der Waals surface area contributed by atoms with Gasteiger partial charge in [-0.25, -0.2) is 4.79 Å². The van der Waals surface area contributed by atoms with Gasteiger partial charge in [0.1, 0.15) is 5.60 Å². The van der Waals surface area contributed by atoms with E-state index in [1.54, 1.807) is 17.0 Å². The number of non-ortho nitro benzene ring substituents is 1. The Labute approximate surface area is 152 Å². The summed E-state index contributed by atoms with van der Waals surface area (Å²) in [5, 5.41) is 11.0. The van der Waals surface area contributed by atoms with E-state index in [0.29, 0.717) is 26.2 Å². The fourth-order valence-corrected chi connectivity index (χ4v) is 3.32. The lowest BCUT2D eigenvalue weighted by atomic mass is 10.0. The Hall–Kier alpha value is -2.19. The fraction of sp³-hybridized carbons (Fsp3) is 0.611. The van der Waals surface area contributed by atoms with E-state index in [1.807, 2.05) is 26.8 Å². The van der Waals surface area contributed by atoms with Crippen LogP contribution in [0.15, 0.2) is 24.3 Å². The molecule has 1 aromatic carbocycles. The second-order valence-corrected chi connectivity index (χ2v) is 7.75. The van der Waals surface area contributed by atoms with Crippen molar-refractivity contribution < 1.29 is 19.2 Å². The molecule has 142 valence electrons. The third kappa shape index (κ3) is 4.31. The van der Waals surface area contributed by atoms with Crippen LogP contribution >= 0.6 is 0 Å². The number of amides is 1. The number of rotatable bonds is 2. The molecule has 0 spiro atoms. The van der Waals surface area contributed by atoms with Crippen LogP contribution in [0.2, 0.25) is 0 Å². The molecule has 0 saturated carbocycles. The molecule has 8 heteroatoms. The summed E-state index contributed by atoms with van der Waals surface area (Å²) in [4.78, 5) is 26.8. The first-order valence-corrected chi connectivity index (χ1v) is 8.81. The monoisotopic (exact) mass is 363 g/mol. The molecule has 2 atom stereocenters. The number of nitro benzene ring substituents is 1. The molecule has 2 aliphatic rings. The maximum Gasteiger partial charge on any atom is 0.410 e. The Kier molecular flexibility index (Phi) is 5.15. The summed E-state index contributed by atoms with van der Waals surface area (Å²) in [6.45, 7) is 8.61. The first-order valence-electron chi connectivity index (χ1n) is 8.81. The fourth-order valence-electron chi connectivity index (χ4n) is 3.32. The topological polar surface area (TPSA) is 85.2 Å². The van der Waals surface area contributed by atoms with Crippen LogP contribution in [-0.4, -0.2) is 65.2 Å². The Morgan fingerprint density at radius 1 is 1.31 bits per heavy atom. The van der Waals surface area contributed by atoms with Crippen molar-refractivity contribution in [2.45, 2.75) is 38.5 Å². The first-order chi connectivity index (χ1) is 12.2. The largest absolute Gasteiger partial charge is 0.444 e. The van der Waals surface area contributed by atoms with E-state index in [4.69, 9.17) is 9.47 Å². The van der Waals surface area contributed by atoms with E-state index >= 15 is 0 Å². The molecule has 2 heterocycles. The maximum atomic E-state index is 12.3. The van der Waals surface area contributed by atoms with E-state index in [1.165, 1.54) is 6.07 Å². The van der Waals surface area contributed by atoms with Gasteiger partial charge >= 0.3 is 6.09 Å². The predicted molar refractivity (Wildman–Crippen MR) is 95.0 cm³/mol. The molecule has 2 saturated heterocycles. The highest BCUT2D eigenvalue weighted by Crippen LogP contribution is 2.29. The molecule has 0 bridgehead atoms. The number of nitrogens with zero attached hydrogens (tertiary/aromatic N) is 3. The van der Waals surface area contributed by atoms with Crippen LogP contribution in [0.5, 0.6) is 0 Å². The molecule has 1 aromatic rings. The van der Waals surface area contributed by atoms with Gasteiger partial charge in [0, 0.05) is 38.3 Å². The number of ether oxygens (including phenoxy) is 2. The maximum absolute atomic E-state index is 12.3. The quantitative estimate of drug-likeness (QED) is 0.593. The molecular weight excluding hydrogens is 338 g/mol. The van der Waals surface area contributed by atoms with Gasteiger partial charge in [-0.1, -0.05) is 12.1 Å².